The molecule has 6 heteroatoms. The summed E-state index contributed by atoms with van der Waals surface area (Å²) in [6.45, 7) is 4.31. The molecule has 0 spiro atoms. The molecule has 0 radical (unpaired) electrons. The smallest absolute Gasteiger partial charge is 0.234 e. The van der Waals surface area contributed by atoms with Crippen LogP contribution in [0.4, 0.5) is 5.69 Å². The number of carbonyl (C=O) groups excluding carboxylic acids is 2. The number of amides is 2. The van der Waals surface area contributed by atoms with Gasteiger partial charge in [0.25, 0.3) is 0 Å². The summed E-state index contributed by atoms with van der Waals surface area (Å²) >= 11 is 1.34. The molecular formula is C18H27N3O2S. The number of nitrogens with one attached hydrogen (secondary N) is 2. The summed E-state index contributed by atoms with van der Waals surface area (Å²) in [6.07, 6.45) is 4.11. The lowest BCUT2D eigenvalue weighted by Crippen LogP contribution is -2.53. The summed E-state index contributed by atoms with van der Waals surface area (Å²) < 4.78 is 0. The highest BCUT2D eigenvalue weighted by atomic mass is 32.2. The highest BCUT2D eigenvalue weighted by Crippen LogP contribution is 2.29. The largest absolute Gasteiger partial charge is 0.348 e. The van der Waals surface area contributed by atoms with Crippen LogP contribution in [0.15, 0.2) is 24.3 Å². The van der Waals surface area contributed by atoms with Gasteiger partial charge in [-0.3, -0.25) is 9.59 Å². The van der Waals surface area contributed by atoms with Crippen LogP contribution < -0.4 is 16.4 Å². The van der Waals surface area contributed by atoms with Gasteiger partial charge < -0.3 is 16.4 Å². The van der Waals surface area contributed by atoms with Crippen molar-refractivity contribution in [1.82, 2.24) is 5.32 Å². The Morgan fingerprint density at radius 1 is 1.25 bits per heavy atom. The Balaban J connectivity index is 1.77. The molecule has 5 nitrogen and oxygen atoms in total. The molecular weight excluding hydrogens is 322 g/mol. The summed E-state index contributed by atoms with van der Waals surface area (Å²) in [5.74, 6) is 0.117. The van der Waals surface area contributed by atoms with Gasteiger partial charge in [-0.25, -0.2) is 0 Å². The van der Waals surface area contributed by atoms with Gasteiger partial charge in [-0.05, 0) is 38.8 Å². The quantitative estimate of drug-likeness (QED) is 0.706. The van der Waals surface area contributed by atoms with Crippen molar-refractivity contribution in [3.8, 4) is 0 Å². The van der Waals surface area contributed by atoms with Gasteiger partial charge in [0, 0.05) is 12.2 Å². The van der Waals surface area contributed by atoms with Crippen molar-refractivity contribution in [2.45, 2.75) is 50.3 Å². The predicted octanol–water partition coefficient (Wildman–Crippen LogP) is 2.44. The molecule has 0 saturated heterocycles. The van der Waals surface area contributed by atoms with Crippen LogP contribution in [0.5, 0.6) is 0 Å². The minimum absolute atomic E-state index is 0.0320. The van der Waals surface area contributed by atoms with Gasteiger partial charge in [0.05, 0.1) is 16.5 Å². The fourth-order valence-electron chi connectivity index (χ4n) is 2.91. The molecule has 0 heterocycles. The molecule has 0 bridgehead atoms. The van der Waals surface area contributed by atoms with Gasteiger partial charge >= 0.3 is 0 Å². The lowest BCUT2D eigenvalue weighted by molar-refractivity contribution is -0.122. The van der Waals surface area contributed by atoms with E-state index in [1.807, 2.05) is 38.1 Å². The molecule has 1 atom stereocenters. The van der Waals surface area contributed by atoms with Crippen LogP contribution in [-0.4, -0.2) is 34.9 Å². The number of nitrogens with two attached hydrogens (primary N) is 1. The van der Waals surface area contributed by atoms with E-state index in [2.05, 4.69) is 10.6 Å². The number of anilines is 1. The normalized spacial score (nSPS) is 17.3. The maximum atomic E-state index is 12.4. The molecule has 1 fully saturated rings. The standard InChI is InChI=1S/C18H27N3O2S/c1-13-5-7-15(8-6-13)20-16(22)11-24-14(2)17(23)21-18(12-19)9-3-4-10-18/h5-8,14H,3-4,9-12,19H2,1-2H3,(H,20,22)(H,21,23). The number of aryl methyl sites for hydroxylation is 1. The molecule has 0 aromatic heterocycles. The Kier molecular flexibility index (Phi) is 6.69. The van der Waals surface area contributed by atoms with Crippen LogP contribution >= 0.6 is 11.8 Å². The summed E-state index contributed by atoms with van der Waals surface area (Å²) in [6, 6.07) is 7.65. The number of rotatable bonds is 7. The van der Waals surface area contributed by atoms with Gasteiger partial charge in [0.2, 0.25) is 11.8 Å². The van der Waals surface area contributed by atoms with Crippen LogP contribution in [0.3, 0.4) is 0 Å². The van der Waals surface area contributed by atoms with E-state index in [1.54, 1.807) is 0 Å². The van der Waals surface area contributed by atoms with E-state index in [9.17, 15) is 9.59 Å². The first-order valence-electron chi connectivity index (χ1n) is 8.44. The first kappa shape index (κ1) is 18.8. The van der Waals surface area contributed by atoms with Gasteiger partial charge in [0.15, 0.2) is 0 Å². The van der Waals surface area contributed by atoms with Crippen molar-refractivity contribution in [1.29, 1.82) is 0 Å². The number of hydrogen-bond donors (Lipinski definition) is 3. The second-order valence-corrected chi connectivity index (χ2v) is 7.88. The summed E-state index contributed by atoms with van der Waals surface area (Å²) in [4.78, 5) is 24.4. The zero-order valence-corrected chi connectivity index (χ0v) is 15.2. The minimum atomic E-state index is -0.280. The zero-order chi connectivity index (χ0) is 17.6. The van der Waals surface area contributed by atoms with E-state index in [0.717, 1.165) is 36.9 Å². The third-order valence-electron chi connectivity index (χ3n) is 4.51. The molecule has 1 aromatic rings. The number of benzene rings is 1. The van der Waals surface area contributed by atoms with Gasteiger partial charge in [-0.15, -0.1) is 11.8 Å². The van der Waals surface area contributed by atoms with E-state index in [1.165, 1.54) is 11.8 Å². The SMILES string of the molecule is Cc1ccc(NC(=O)CSC(C)C(=O)NC2(CN)CCCC2)cc1. The number of carbonyl (C=O) groups is 2. The predicted molar refractivity (Wildman–Crippen MR) is 100 cm³/mol. The second-order valence-electron chi connectivity index (χ2n) is 6.55. The minimum Gasteiger partial charge on any atom is -0.348 e. The molecule has 1 aliphatic carbocycles. The molecule has 1 aromatic carbocycles. The van der Waals surface area contributed by atoms with Gasteiger partial charge in [0.1, 0.15) is 0 Å². The lowest BCUT2D eigenvalue weighted by Gasteiger charge is -2.30. The molecule has 0 aliphatic heterocycles. The van der Waals surface area contributed by atoms with Crippen molar-refractivity contribution in [2.75, 3.05) is 17.6 Å². The molecule has 24 heavy (non-hydrogen) atoms. The first-order chi connectivity index (χ1) is 11.4. The fraction of sp³-hybridized carbons (Fsp3) is 0.556. The Hall–Kier alpha value is -1.53. The average Bonchev–Trinajstić information content (AvgIpc) is 3.03. The Morgan fingerprint density at radius 3 is 2.46 bits per heavy atom. The molecule has 1 unspecified atom stereocenters. The Bertz CT molecular complexity index is 568. The van der Waals surface area contributed by atoms with E-state index in [0.29, 0.717) is 6.54 Å². The Labute approximate surface area is 148 Å². The maximum absolute atomic E-state index is 12.4. The van der Waals surface area contributed by atoms with Crippen LogP contribution in [-0.2, 0) is 9.59 Å². The fourth-order valence-corrected chi connectivity index (χ4v) is 3.59. The molecule has 4 N–H and O–H groups in total. The molecule has 2 amide bonds. The number of thioether (sulfide) groups is 1. The molecule has 132 valence electrons. The summed E-state index contributed by atoms with van der Waals surface area (Å²) in [7, 11) is 0. The summed E-state index contributed by atoms with van der Waals surface area (Å²) in [5, 5.41) is 5.67. The zero-order valence-electron chi connectivity index (χ0n) is 14.4. The van der Waals surface area contributed by atoms with Crippen molar-refractivity contribution in [2.24, 2.45) is 5.73 Å². The first-order valence-corrected chi connectivity index (χ1v) is 9.49. The third-order valence-corrected chi connectivity index (χ3v) is 5.65. The van der Waals surface area contributed by atoms with Gasteiger partial charge in [-0.2, -0.15) is 0 Å². The monoisotopic (exact) mass is 349 g/mol. The lowest BCUT2D eigenvalue weighted by atomic mass is 9.98. The van der Waals surface area contributed by atoms with E-state index in [-0.39, 0.29) is 28.4 Å². The van der Waals surface area contributed by atoms with Crippen molar-refractivity contribution in [3.63, 3.8) is 0 Å². The van der Waals surface area contributed by atoms with Gasteiger partial charge in [-0.1, -0.05) is 30.5 Å². The molecule has 1 aliphatic rings. The molecule has 1 saturated carbocycles. The van der Waals surface area contributed by atoms with Crippen LogP contribution in [0.2, 0.25) is 0 Å². The Morgan fingerprint density at radius 2 is 1.88 bits per heavy atom. The van der Waals surface area contributed by atoms with Crippen molar-refractivity contribution >= 4 is 29.3 Å². The van der Waals surface area contributed by atoms with E-state index < -0.39 is 0 Å². The molecule has 2 rings (SSSR count). The third kappa shape index (κ3) is 5.24. The van der Waals surface area contributed by atoms with Crippen LogP contribution in [0, 0.1) is 6.92 Å². The maximum Gasteiger partial charge on any atom is 0.234 e. The van der Waals surface area contributed by atoms with Crippen LogP contribution in [0.25, 0.3) is 0 Å². The van der Waals surface area contributed by atoms with Crippen molar-refractivity contribution in [3.05, 3.63) is 29.8 Å². The number of hydrogen-bond acceptors (Lipinski definition) is 4. The highest BCUT2D eigenvalue weighted by molar-refractivity contribution is 8.01. The second kappa shape index (κ2) is 8.53. The van der Waals surface area contributed by atoms with E-state index >= 15 is 0 Å². The summed E-state index contributed by atoms with van der Waals surface area (Å²) in [5.41, 5.74) is 7.53. The highest BCUT2D eigenvalue weighted by Gasteiger charge is 2.34. The topological polar surface area (TPSA) is 84.2 Å². The van der Waals surface area contributed by atoms with E-state index in [4.69, 9.17) is 5.73 Å². The average molecular weight is 350 g/mol. The van der Waals surface area contributed by atoms with Crippen molar-refractivity contribution < 1.29 is 9.59 Å². The van der Waals surface area contributed by atoms with Crippen LogP contribution in [0.1, 0.15) is 38.2 Å².